The normalized spacial score (nSPS) is 10.4. The number of aliphatic carboxylic acids is 1. The lowest BCUT2D eigenvalue weighted by atomic mass is 10.2. The first-order valence-electron chi connectivity index (χ1n) is 4.98. The minimum atomic E-state index is -0.862. The lowest BCUT2D eigenvalue weighted by Crippen LogP contribution is -2.00. The molecule has 0 aliphatic carbocycles. The van der Waals surface area contributed by atoms with E-state index in [0.29, 0.717) is 11.0 Å². The van der Waals surface area contributed by atoms with E-state index in [1.165, 1.54) is 0 Å². The molecule has 88 valence electrons. The molecule has 2 aromatic rings. The summed E-state index contributed by atoms with van der Waals surface area (Å²) in [6, 6.07) is 9.58. The third-order valence-electron chi connectivity index (χ3n) is 2.08. The number of carboxylic acid groups (broad SMARTS) is 1. The van der Waals surface area contributed by atoms with E-state index in [1.54, 1.807) is 11.7 Å². The molecule has 2 rings (SSSR count). The van der Waals surface area contributed by atoms with Crippen LogP contribution in [0.4, 0.5) is 0 Å². The van der Waals surface area contributed by atoms with Crippen LogP contribution in [-0.2, 0) is 11.8 Å². The minimum Gasteiger partial charge on any atom is -0.481 e. The van der Waals surface area contributed by atoms with Crippen LogP contribution >= 0.6 is 11.8 Å². The lowest BCUT2D eigenvalue weighted by molar-refractivity contribution is -0.133. The van der Waals surface area contributed by atoms with E-state index >= 15 is 0 Å². The Hall–Kier alpha value is -1.82. The van der Waals surface area contributed by atoms with Gasteiger partial charge >= 0.3 is 5.97 Å². The third kappa shape index (κ3) is 2.85. The summed E-state index contributed by atoms with van der Waals surface area (Å²) in [5.41, 5.74) is 0.922. The van der Waals surface area contributed by atoms with E-state index in [4.69, 9.17) is 5.11 Å². The zero-order valence-electron chi connectivity index (χ0n) is 9.20. The van der Waals surface area contributed by atoms with Crippen molar-refractivity contribution in [1.29, 1.82) is 0 Å². The van der Waals surface area contributed by atoms with Gasteiger partial charge in [0.15, 0.2) is 11.0 Å². The van der Waals surface area contributed by atoms with E-state index in [2.05, 4.69) is 10.1 Å². The average molecular weight is 249 g/mol. The topological polar surface area (TPSA) is 68.0 Å². The van der Waals surface area contributed by atoms with E-state index in [-0.39, 0.29) is 5.75 Å². The highest BCUT2D eigenvalue weighted by Crippen LogP contribution is 2.20. The number of benzene rings is 1. The molecule has 1 heterocycles. The number of aryl methyl sites for hydroxylation is 1. The van der Waals surface area contributed by atoms with E-state index in [0.717, 1.165) is 17.3 Å². The highest BCUT2D eigenvalue weighted by Gasteiger charge is 2.10. The summed E-state index contributed by atoms with van der Waals surface area (Å²) in [5, 5.41) is 13.5. The van der Waals surface area contributed by atoms with Crippen molar-refractivity contribution in [3.8, 4) is 11.4 Å². The van der Waals surface area contributed by atoms with Gasteiger partial charge in [-0.1, -0.05) is 42.1 Å². The maximum atomic E-state index is 10.5. The Balaban J connectivity index is 2.22. The van der Waals surface area contributed by atoms with Crippen molar-refractivity contribution in [3.63, 3.8) is 0 Å². The summed E-state index contributed by atoms with van der Waals surface area (Å²) in [6.07, 6.45) is 0. The second kappa shape index (κ2) is 5.01. The molecule has 0 radical (unpaired) electrons. The molecule has 1 aromatic heterocycles. The van der Waals surface area contributed by atoms with Gasteiger partial charge in [-0.05, 0) is 0 Å². The molecule has 5 nitrogen and oxygen atoms in total. The molecule has 0 atom stereocenters. The molecule has 0 fully saturated rings. The van der Waals surface area contributed by atoms with Crippen LogP contribution in [0.3, 0.4) is 0 Å². The van der Waals surface area contributed by atoms with Gasteiger partial charge in [0, 0.05) is 12.6 Å². The van der Waals surface area contributed by atoms with E-state index in [1.807, 2.05) is 30.3 Å². The Labute approximate surface area is 102 Å². The Morgan fingerprint density at radius 2 is 2.12 bits per heavy atom. The van der Waals surface area contributed by atoms with Gasteiger partial charge in [0.1, 0.15) is 0 Å². The van der Waals surface area contributed by atoms with Crippen LogP contribution in [0.15, 0.2) is 35.5 Å². The molecule has 0 saturated carbocycles. The quantitative estimate of drug-likeness (QED) is 0.835. The predicted octanol–water partition coefficient (Wildman–Crippen LogP) is 1.66. The highest BCUT2D eigenvalue weighted by atomic mass is 32.2. The third-order valence-corrected chi connectivity index (χ3v) is 3.08. The van der Waals surface area contributed by atoms with Gasteiger partial charge in [0.25, 0.3) is 0 Å². The van der Waals surface area contributed by atoms with Gasteiger partial charge in [-0.2, -0.15) is 5.10 Å². The van der Waals surface area contributed by atoms with Gasteiger partial charge in [-0.25, -0.2) is 9.67 Å². The molecule has 1 aromatic carbocycles. The van der Waals surface area contributed by atoms with Crippen molar-refractivity contribution in [2.24, 2.45) is 7.05 Å². The van der Waals surface area contributed by atoms with Crippen LogP contribution in [0.2, 0.25) is 0 Å². The van der Waals surface area contributed by atoms with Crippen molar-refractivity contribution in [2.45, 2.75) is 5.16 Å². The SMILES string of the molecule is Cn1nc(-c2ccccc2)nc1SCC(=O)O. The summed E-state index contributed by atoms with van der Waals surface area (Å²) in [7, 11) is 1.75. The standard InChI is InChI=1S/C11H11N3O2S/c1-14-11(17-7-9(15)16)12-10(13-14)8-5-3-2-4-6-8/h2-6H,7H2,1H3,(H,15,16). The molecule has 1 N–H and O–H groups in total. The fourth-order valence-electron chi connectivity index (χ4n) is 1.33. The molecule has 0 unspecified atom stereocenters. The molecule has 0 saturated heterocycles. The maximum absolute atomic E-state index is 10.5. The number of thioether (sulfide) groups is 1. The number of rotatable bonds is 4. The van der Waals surface area contributed by atoms with Crippen LogP contribution in [0.5, 0.6) is 0 Å². The zero-order valence-corrected chi connectivity index (χ0v) is 10.0. The fourth-order valence-corrected chi connectivity index (χ4v) is 1.96. The van der Waals surface area contributed by atoms with Crippen molar-refractivity contribution >= 4 is 17.7 Å². The second-order valence-corrected chi connectivity index (χ2v) is 4.33. The average Bonchev–Trinajstić information content (AvgIpc) is 2.69. The molecular weight excluding hydrogens is 238 g/mol. The molecule has 0 amide bonds. The summed E-state index contributed by atoms with van der Waals surface area (Å²) in [5.74, 6) is -0.263. The molecule has 0 bridgehead atoms. The van der Waals surface area contributed by atoms with Crippen molar-refractivity contribution < 1.29 is 9.90 Å². The minimum absolute atomic E-state index is 0.0131. The summed E-state index contributed by atoms with van der Waals surface area (Å²) in [6.45, 7) is 0. The molecule has 17 heavy (non-hydrogen) atoms. The largest absolute Gasteiger partial charge is 0.481 e. The molecular formula is C11H11N3O2S. The number of nitrogens with zero attached hydrogens (tertiary/aromatic N) is 3. The Bertz CT molecular complexity index is 525. The fraction of sp³-hybridized carbons (Fsp3) is 0.182. The number of carbonyl (C=O) groups is 1. The van der Waals surface area contributed by atoms with Gasteiger partial charge < -0.3 is 5.11 Å². The van der Waals surface area contributed by atoms with Crippen LogP contribution in [0.1, 0.15) is 0 Å². The van der Waals surface area contributed by atoms with Crippen molar-refractivity contribution in [2.75, 3.05) is 5.75 Å². The second-order valence-electron chi connectivity index (χ2n) is 3.39. The Kier molecular flexibility index (Phi) is 3.43. The Morgan fingerprint density at radius 3 is 2.76 bits per heavy atom. The first kappa shape index (κ1) is 11.7. The smallest absolute Gasteiger partial charge is 0.313 e. The number of carboxylic acids is 1. The van der Waals surface area contributed by atoms with E-state index < -0.39 is 5.97 Å². The zero-order chi connectivity index (χ0) is 12.3. The van der Waals surface area contributed by atoms with Gasteiger partial charge in [-0.15, -0.1) is 0 Å². The van der Waals surface area contributed by atoms with Gasteiger partial charge in [0.2, 0.25) is 0 Å². The molecule has 0 aliphatic rings. The molecule has 0 aliphatic heterocycles. The molecule has 0 spiro atoms. The van der Waals surface area contributed by atoms with Crippen LogP contribution < -0.4 is 0 Å². The number of hydrogen-bond donors (Lipinski definition) is 1. The highest BCUT2D eigenvalue weighted by molar-refractivity contribution is 7.99. The van der Waals surface area contributed by atoms with Crippen molar-refractivity contribution in [3.05, 3.63) is 30.3 Å². The monoisotopic (exact) mass is 249 g/mol. The molecule has 6 heteroatoms. The number of hydrogen-bond acceptors (Lipinski definition) is 4. The first-order chi connectivity index (χ1) is 8.16. The van der Waals surface area contributed by atoms with Crippen LogP contribution in [0.25, 0.3) is 11.4 Å². The maximum Gasteiger partial charge on any atom is 0.313 e. The summed E-state index contributed by atoms with van der Waals surface area (Å²) < 4.78 is 1.59. The van der Waals surface area contributed by atoms with Gasteiger partial charge in [-0.3, -0.25) is 4.79 Å². The summed E-state index contributed by atoms with van der Waals surface area (Å²) >= 11 is 1.16. The predicted molar refractivity (Wildman–Crippen MR) is 64.8 cm³/mol. The van der Waals surface area contributed by atoms with Crippen LogP contribution in [0, 0.1) is 0 Å². The Morgan fingerprint density at radius 1 is 1.41 bits per heavy atom. The van der Waals surface area contributed by atoms with Crippen LogP contribution in [-0.4, -0.2) is 31.6 Å². The lowest BCUT2D eigenvalue weighted by Gasteiger charge is -1.94. The van der Waals surface area contributed by atoms with E-state index in [9.17, 15) is 4.79 Å². The number of aromatic nitrogens is 3. The van der Waals surface area contributed by atoms with Gasteiger partial charge in [0.05, 0.1) is 5.75 Å². The summed E-state index contributed by atoms with van der Waals surface area (Å²) in [4.78, 5) is 14.8. The van der Waals surface area contributed by atoms with Crippen molar-refractivity contribution in [1.82, 2.24) is 14.8 Å². The first-order valence-corrected chi connectivity index (χ1v) is 5.96.